The van der Waals surface area contributed by atoms with Crippen LogP contribution in [-0.4, -0.2) is 34.5 Å². The maximum atomic E-state index is 12.5. The van der Waals surface area contributed by atoms with Gasteiger partial charge in [-0.3, -0.25) is 0 Å². The van der Waals surface area contributed by atoms with E-state index in [-0.39, 0.29) is 22.9 Å². The lowest BCUT2D eigenvalue weighted by atomic mass is 9.60. The first-order valence-electron chi connectivity index (χ1n) is 14.0. The van der Waals surface area contributed by atoms with Gasteiger partial charge in [-0.25, -0.2) is 4.79 Å². The fraction of sp³-hybridized carbons (Fsp3) is 0.710. The number of hydrogen-bond donors (Lipinski definition) is 2. The Kier molecular flexibility index (Phi) is 6.68. The summed E-state index contributed by atoms with van der Waals surface area (Å²) < 4.78 is 5.96. The van der Waals surface area contributed by atoms with Crippen LogP contribution in [0.4, 0.5) is 0 Å². The van der Waals surface area contributed by atoms with E-state index in [0.717, 1.165) is 42.4 Å². The molecule has 2 N–H and O–H groups in total. The smallest absolute Gasteiger partial charge is 0.334 e. The highest BCUT2D eigenvalue weighted by molar-refractivity contribution is 5.92. The highest BCUT2D eigenvalue weighted by Crippen LogP contribution is 2.61. The van der Waals surface area contributed by atoms with Crippen molar-refractivity contribution in [2.45, 2.75) is 109 Å². The minimum Gasteiger partial charge on any atom is -0.458 e. The van der Waals surface area contributed by atoms with Crippen molar-refractivity contribution in [2.24, 2.45) is 28.6 Å². The maximum Gasteiger partial charge on any atom is 0.334 e. The van der Waals surface area contributed by atoms with Crippen molar-refractivity contribution in [2.75, 3.05) is 0 Å². The third-order valence-corrected chi connectivity index (χ3v) is 10.8. The summed E-state index contributed by atoms with van der Waals surface area (Å²) in [5, 5.41) is 20.3. The summed E-state index contributed by atoms with van der Waals surface area (Å²) in [4.78, 5) is 12.5. The number of rotatable bonds is 4. The number of fused-ring (bicyclic) bond motifs is 1. The second kappa shape index (κ2) is 9.34. The van der Waals surface area contributed by atoms with E-state index < -0.39 is 12.2 Å². The summed E-state index contributed by atoms with van der Waals surface area (Å²) in [7, 11) is 0. The van der Waals surface area contributed by atoms with Gasteiger partial charge in [0.1, 0.15) is 6.10 Å². The van der Waals surface area contributed by atoms with E-state index in [1.54, 1.807) is 0 Å². The van der Waals surface area contributed by atoms with Gasteiger partial charge in [0.2, 0.25) is 0 Å². The van der Waals surface area contributed by atoms with Gasteiger partial charge in [-0.2, -0.15) is 0 Å². The van der Waals surface area contributed by atoms with Gasteiger partial charge in [-0.05, 0) is 92.1 Å². The molecular weight excluding hydrogens is 436 g/mol. The number of ether oxygens (including phenoxy) is 1. The Labute approximate surface area is 211 Å². The van der Waals surface area contributed by atoms with Crippen LogP contribution in [0.1, 0.15) is 90.9 Å². The van der Waals surface area contributed by atoms with Crippen molar-refractivity contribution in [3.05, 3.63) is 47.6 Å². The molecule has 4 heteroatoms. The average molecular weight is 481 g/mol. The van der Waals surface area contributed by atoms with Crippen molar-refractivity contribution in [1.82, 2.24) is 0 Å². The van der Waals surface area contributed by atoms with Gasteiger partial charge in [-0.1, -0.05) is 57.6 Å². The Morgan fingerprint density at radius 1 is 1.11 bits per heavy atom. The number of cyclic esters (lactones) is 1. The van der Waals surface area contributed by atoms with Crippen molar-refractivity contribution in [1.29, 1.82) is 0 Å². The molecule has 0 bridgehead atoms. The van der Waals surface area contributed by atoms with Crippen LogP contribution in [0.3, 0.4) is 0 Å². The monoisotopic (exact) mass is 480 g/mol. The third-order valence-electron chi connectivity index (χ3n) is 10.8. The predicted molar refractivity (Wildman–Crippen MR) is 138 cm³/mol. The minimum atomic E-state index is -0.638. The summed E-state index contributed by atoms with van der Waals surface area (Å²) in [6.07, 6.45) is 15.7. The molecule has 5 aliphatic rings. The van der Waals surface area contributed by atoms with E-state index in [1.807, 2.05) is 0 Å². The highest BCUT2D eigenvalue weighted by Gasteiger charge is 2.56. The average Bonchev–Trinajstić information content (AvgIpc) is 3.49. The zero-order valence-electron chi connectivity index (χ0n) is 21.7. The number of esters is 1. The Morgan fingerprint density at radius 2 is 1.86 bits per heavy atom. The lowest BCUT2D eigenvalue weighted by Gasteiger charge is -2.45. The van der Waals surface area contributed by atoms with Crippen molar-refractivity contribution >= 4 is 5.97 Å². The summed E-state index contributed by atoms with van der Waals surface area (Å²) in [5.41, 5.74) is 4.18. The molecule has 1 saturated heterocycles. The van der Waals surface area contributed by atoms with E-state index in [1.165, 1.54) is 44.1 Å². The van der Waals surface area contributed by atoms with Crippen molar-refractivity contribution in [3.63, 3.8) is 0 Å². The van der Waals surface area contributed by atoms with Gasteiger partial charge in [-0.15, -0.1) is 0 Å². The van der Waals surface area contributed by atoms with Gasteiger partial charge in [0, 0.05) is 17.4 Å². The first-order valence-corrected chi connectivity index (χ1v) is 14.0. The number of carbonyl (C=O) groups is 1. The molecule has 5 fully saturated rings. The molecule has 7 atom stereocenters. The van der Waals surface area contributed by atoms with Crippen LogP contribution < -0.4 is 0 Å². The quantitative estimate of drug-likeness (QED) is 0.372. The Balaban J connectivity index is 1.32. The zero-order chi connectivity index (χ0) is 25.0. The molecule has 0 radical (unpaired) electrons. The number of carbonyl (C=O) groups excluding carboxylic acids is 1. The maximum absolute atomic E-state index is 12.5. The molecule has 4 aliphatic carbocycles. The van der Waals surface area contributed by atoms with E-state index in [4.69, 9.17) is 4.74 Å². The van der Waals surface area contributed by atoms with Crippen LogP contribution in [-0.2, 0) is 9.53 Å². The molecule has 1 heterocycles. The van der Waals surface area contributed by atoms with Crippen LogP contribution in [0, 0.1) is 28.6 Å². The number of aliphatic hydroxyl groups excluding tert-OH is 2. The molecule has 35 heavy (non-hydrogen) atoms. The molecule has 4 nitrogen and oxygen atoms in total. The fourth-order valence-electron chi connectivity index (χ4n) is 8.80. The number of allylic oxidation sites excluding steroid dienone is 3. The standard InChI is InChI=1S/C31H44O4/c1-19(16-28-31(14-5-6-15-31)21(3)29(34)35-28)25-11-12-26-22(8-7-13-30(25,26)4)9-10-23-17-24(32)18-27(33)20(23)2/h9-10,19,24-28,32-33H,2-3,5-8,11-18H2,1,4H3/b22-9+,23-10-/t19-,24-,25-,26+,27+,28-,30-/m1/s1. The predicted octanol–water partition coefficient (Wildman–Crippen LogP) is 6.20. The third kappa shape index (κ3) is 4.19. The van der Waals surface area contributed by atoms with E-state index in [2.05, 4.69) is 39.2 Å². The van der Waals surface area contributed by atoms with Crippen molar-refractivity contribution < 1.29 is 19.7 Å². The molecule has 1 aliphatic heterocycles. The van der Waals surface area contributed by atoms with Gasteiger partial charge in [0.25, 0.3) is 0 Å². The molecule has 5 rings (SSSR count). The lowest BCUT2D eigenvalue weighted by Crippen LogP contribution is -2.38. The van der Waals surface area contributed by atoms with Crippen LogP contribution in [0.5, 0.6) is 0 Å². The molecule has 0 aromatic rings. The number of hydrogen-bond acceptors (Lipinski definition) is 4. The second-order valence-electron chi connectivity index (χ2n) is 12.6. The van der Waals surface area contributed by atoms with Crippen LogP contribution >= 0.6 is 0 Å². The fourth-order valence-corrected chi connectivity index (χ4v) is 8.80. The van der Waals surface area contributed by atoms with Gasteiger partial charge < -0.3 is 14.9 Å². The first-order chi connectivity index (χ1) is 16.7. The minimum absolute atomic E-state index is 0.00107. The normalized spacial score (nSPS) is 42.2. The molecule has 192 valence electrons. The molecule has 0 aromatic heterocycles. The van der Waals surface area contributed by atoms with E-state index in [9.17, 15) is 15.0 Å². The Bertz CT molecular complexity index is 951. The topological polar surface area (TPSA) is 66.8 Å². The summed E-state index contributed by atoms with van der Waals surface area (Å²) in [6, 6.07) is 0. The molecule has 0 amide bonds. The van der Waals surface area contributed by atoms with Crippen LogP contribution in [0.2, 0.25) is 0 Å². The molecular formula is C31H44O4. The van der Waals surface area contributed by atoms with Gasteiger partial charge >= 0.3 is 5.97 Å². The number of aliphatic hydroxyl groups is 2. The summed E-state index contributed by atoms with van der Waals surface area (Å²) in [5.74, 6) is 1.55. The van der Waals surface area contributed by atoms with Crippen molar-refractivity contribution in [3.8, 4) is 0 Å². The van der Waals surface area contributed by atoms with Gasteiger partial charge in [0.15, 0.2) is 0 Å². The molecule has 4 saturated carbocycles. The zero-order valence-corrected chi connectivity index (χ0v) is 21.7. The largest absolute Gasteiger partial charge is 0.458 e. The summed E-state index contributed by atoms with van der Waals surface area (Å²) in [6.45, 7) is 13.1. The van der Waals surface area contributed by atoms with Crippen LogP contribution in [0.15, 0.2) is 47.6 Å². The first kappa shape index (κ1) is 25.0. The van der Waals surface area contributed by atoms with Crippen LogP contribution in [0.25, 0.3) is 0 Å². The molecule has 1 spiro atoms. The summed E-state index contributed by atoms with van der Waals surface area (Å²) >= 11 is 0. The lowest BCUT2D eigenvalue weighted by molar-refractivity contribution is -0.140. The molecule has 0 unspecified atom stereocenters. The Hall–Kier alpha value is -1.65. The highest BCUT2D eigenvalue weighted by atomic mass is 16.6. The second-order valence-corrected chi connectivity index (χ2v) is 12.6. The molecule has 0 aromatic carbocycles. The SMILES string of the molecule is C=C1/C(=C\C=C2/CCC[C@]3(C)[C@@H]([C@H](C)C[C@H]4OC(=O)C(=C)C45CCCC5)CC[C@@H]23)C[C@@H](O)C[C@@H]1O. The Morgan fingerprint density at radius 3 is 2.60 bits per heavy atom. The van der Waals surface area contributed by atoms with Gasteiger partial charge in [0.05, 0.1) is 12.2 Å². The van der Waals surface area contributed by atoms with E-state index in [0.29, 0.717) is 30.6 Å². The van der Waals surface area contributed by atoms with E-state index >= 15 is 0 Å².